The quantitative estimate of drug-likeness (QED) is 0.226. The van der Waals surface area contributed by atoms with Crippen LogP contribution in [0.25, 0.3) is 0 Å². The first-order valence-electron chi connectivity index (χ1n) is 9.93. The van der Waals surface area contributed by atoms with Crippen LogP contribution in [0.15, 0.2) is 22.3 Å². The second kappa shape index (κ2) is 11.4. The van der Waals surface area contributed by atoms with Crippen molar-refractivity contribution in [3.63, 3.8) is 0 Å². The summed E-state index contributed by atoms with van der Waals surface area (Å²) in [5.74, 6) is 0.184. The molecule has 2 aliphatic rings. The maximum absolute atomic E-state index is 11.6. The van der Waals surface area contributed by atoms with Crippen molar-refractivity contribution in [2.75, 3.05) is 19.5 Å². The second-order valence-corrected chi connectivity index (χ2v) is 10.8. The molecule has 0 aromatic heterocycles. The zero-order valence-electron chi connectivity index (χ0n) is 16.9. The van der Waals surface area contributed by atoms with Gasteiger partial charge in [-0.2, -0.15) is 8.42 Å². The van der Waals surface area contributed by atoms with E-state index in [0.29, 0.717) is 19.3 Å². The van der Waals surface area contributed by atoms with Gasteiger partial charge in [0.25, 0.3) is 10.1 Å². The lowest BCUT2D eigenvalue weighted by Crippen LogP contribution is -2.26. The molecule has 2 heterocycles. The van der Waals surface area contributed by atoms with Gasteiger partial charge in [-0.25, -0.2) is 0 Å². The molecule has 0 aliphatic carbocycles. The molecule has 0 amide bonds. The fourth-order valence-corrected chi connectivity index (χ4v) is 4.50. The topological polar surface area (TPSA) is 71.1 Å². The summed E-state index contributed by atoms with van der Waals surface area (Å²) in [7, 11) is -3.51. The van der Waals surface area contributed by atoms with Gasteiger partial charge in [-0.3, -0.25) is 4.18 Å². The fraction of sp³-hybridized carbons (Fsp3) is 0.800. The van der Waals surface area contributed by atoms with E-state index >= 15 is 0 Å². The van der Waals surface area contributed by atoms with E-state index in [0.717, 1.165) is 54.3 Å². The van der Waals surface area contributed by atoms with Crippen molar-refractivity contribution in [2.45, 2.75) is 76.5 Å². The lowest BCUT2D eigenvalue weighted by Gasteiger charge is -2.24. The largest absolute Gasteiger partial charge is 0.370 e. The SMILES string of the molecule is C=C1C[C@H](CCC2OCCCO2)O[C@H]1CC[C@H](C[C@H](C)C(=C)I)OS(C)(=O)=O. The first kappa shape index (κ1) is 24.3. The molecule has 0 saturated carbocycles. The van der Waals surface area contributed by atoms with Gasteiger partial charge in [-0.1, -0.05) is 20.1 Å². The molecule has 0 spiro atoms. The van der Waals surface area contributed by atoms with Crippen molar-refractivity contribution >= 4 is 32.7 Å². The molecule has 0 bridgehead atoms. The molecule has 2 saturated heterocycles. The lowest BCUT2D eigenvalue weighted by molar-refractivity contribution is -0.184. The van der Waals surface area contributed by atoms with E-state index < -0.39 is 10.1 Å². The molecule has 0 radical (unpaired) electrons. The Bertz CT molecular complexity index is 629. The minimum absolute atomic E-state index is 0.0537. The summed E-state index contributed by atoms with van der Waals surface area (Å²) in [6, 6.07) is 0. The first-order chi connectivity index (χ1) is 13.1. The van der Waals surface area contributed by atoms with Gasteiger partial charge >= 0.3 is 0 Å². The predicted octanol–water partition coefficient (Wildman–Crippen LogP) is 4.34. The summed E-state index contributed by atoms with van der Waals surface area (Å²) in [4.78, 5) is 0. The molecule has 4 atom stereocenters. The molecule has 162 valence electrons. The van der Waals surface area contributed by atoms with Crippen molar-refractivity contribution in [3.05, 3.63) is 22.3 Å². The highest BCUT2D eigenvalue weighted by Gasteiger charge is 2.31. The summed E-state index contributed by atoms with van der Waals surface area (Å²) in [6.45, 7) is 11.7. The molecule has 28 heavy (non-hydrogen) atoms. The van der Waals surface area contributed by atoms with Crippen molar-refractivity contribution in [3.8, 4) is 0 Å². The summed E-state index contributed by atoms with van der Waals surface area (Å²) >= 11 is 2.18. The van der Waals surface area contributed by atoms with E-state index in [1.54, 1.807) is 0 Å². The summed E-state index contributed by atoms with van der Waals surface area (Å²) in [5.41, 5.74) is 1.07. The van der Waals surface area contributed by atoms with Crippen LogP contribution in [0, 0.1) is 5.92 Å². The maximum atomic E-state index is 11.6. The average Bonchev–Trinajstić information content (AvgIpc) is 2.97. The minimum atomic E-state index is -3.51. The number of rotatable bonds is 11. The van der Waals surface area contributed by atoms with Crippen LogP contribution in [0.1, 0.15) is 51.9 Å². The highest BCUT2D eigenvalue weighted by molar-refractivity contribution is 14.1. The highest BCUT2D eigenvalue weighted by atomic mass is 127. The van der Waals surface area contributed by atoms with Gasteiger partial charge in [0.05, 0.1) is 37.8 Å². The third-order valence-corrected chi connectivity index (χ3v) is 6.82. The normalized spacial score (nSPS) is 26.3. The van der Waals surface area contributed by atoms with Crippen LogP contribution in [0.5, 0.6) is 0 Å². The number of allylic oxidation sites excluding steroid dienone is 1. The van der Waals surface area contributed by atoms with E-state index in [1.165, 1.54) is 0 Å². The molecule has 6 nitrogen and oxygen atoms in total. The van der Waals surface area contributed by atoms with Crippen LogP contribution >= 0.6 is 22.6 Å². The van der Waals surface area contributed by atoms with Crippen LogP contribution < -0.4 is 0 Å². The number of ether oxygens (including phenoxy) is 3. The minimum Gasteiger partial charge on any atom is -0.370 e. The Morgan fingerprint density at radius 2 is 1.96 bits per heavy atom. The van der Waals surface area contributed by atoms with E-state index in [4.69, 9.17) is 18.4 Å². The lowest BCUT2D eigenvalue weighted by atomic mass is 9.97. The van der Waals surface area contributed by atoms with Gasteiger partial charge < -0.3 is 14.2 Å². The van der Waals surface area contributed by atoms with Gasteiger partial charge in [0.15, 0.2) is 6.29 Å². The zero-order valence-corrected chi connectivity index (χ0v) is 19.9. The summed E-state index contributed by atoms with van der Waals surface area (Å²) in [5, 5.41) is 0. The van der Waals surface area contributed by atoms with Gasteiger partial charge in [0, 0.05) is 6.42 Å². The number of halogens is 1. The van der Waals surface area contributed by atoms with Crippen molar-refractivity contribution in [2.24, 2.45) is 5.92 Å². The molecule has 0 N–H and O–H groups in total. The van der Waals surface area contributed by atoms with Crippen LogP contribution in [0.3, 0.4) is 0 Å². The second-order valence-electron chi connectivity index (χ2n) is 7.79. The third-order valence-electron chi connectivity index (χ3n) is 5.14. The standard InChI is InChI=1S/C20H33IO6S/c1-14(16(3)21)12-18(27-28(4,22)23)6-8-19-15(2)13-17(26-19)7-9-20-24-10-5-11-25-20/h14,17-20H,2-3,5-13H2,1,4H3/t14-,17-,18+,19-/m0/s1. The molecule has 0 unspecified atom stereocenters. The van der Waals surface area contributed by atoms with Crippen molar-refractivity contribution in [1.82, 2.24) is 0 Å². The molecule has 0 aromatic carbocycles. The van der Waals surface area contributed by atoms with Crippen molar-refractivity contribution < 1.29 is 26.8 Å². The monoisotopic (exact) mass is 528 g/mol. The molecule has 2 fully saturated rings. The van der Waals surface area contributed by atoms with Gasteiger partial charge in [-0.15, -0.1) is 0 Å². The van der Waals surface area contributed by atoms with E-state index in [2.05, 4.69) is 35.7 Å². The molecular weight excluding hydrogens is 495 g/mol. The van der Waals surface area contributed by atoms with Crippen LogP contribution in [0.2, 0.25) is 0 Å². The molecule has 2 rings (SSSR count). The van der Waals surface area contributed by atoms with Gasteiger partial charge in [-0.05, 0) is 76.2 Å². The Balaban J connectivity index is 1.80. The predicted molar refractivity (Wildman–Crippen MR) is 118 cm³/mol. The Labute approximate surface area is 183 Å². The zero-order chi connectivity index (χ0) is 20.7. The average molecular weight is 528 g/mol. The Kier molecular flexibility index (Phi) is 9.89. The summed E-state index contributed by atoms with van der Waals surface area (Å²) in [6.07, 6.45) is 6.06. The highest BCUT2D eigenvalue weighted by Crippen LogP contribution is 2.32. The first-order valence-corrected chi connectivity index (χ1v) is 12.8. The number of hydrogen-bond donors (Lipinski definition) is 0. The van der Waals surface area contributed by atoms with Crippen LogP contribution in [0.4, 0.5) is 0 Å². The smallest absolute Gasteiger partial charge is 0.264 e. The van der Waals surface area contributed by atoms with Gasteiger partial charge in [0.1, 0.15) is 0 Å². The molecule has 0 aromatic rings. The van der Waals surface area contributed by atoms with Crippen molar-refractivity contribution in [1.29, 1.82) is 0 Å². The Hall–Kier alpha value is -0.0000000000000000555. The third kappa shape index (κ3) is 8.79. The molecule has 2 aliphatic heterocycles. The fourth-order valence-electron chi connectivity index (χ4n) is 3.58. The van der Waals surface area contributed by atoms with Crippen LogP contribution in [-0.2, 0) is 28.5 Å². The number of hydrogen-bond acceptors (Lipinski definition) is 6. The van der Waals surface area contributed by atoms with Crippen LogP contribution in [-0.4, -0.2) is 52.5 Å². The maximum Gasteiger partial charge on any atom is 0.264 e. The molecular formula is C20H33IO6S. The summed E-state index contributed by atoms with van der Waals surface area (Å²) < 4.78 is 46.9. The Morgan fingerprint density at radius 1 is 1.29 bits per heavy atom. The van der Waals surface area contributed by atoms with E-state index in [9.17, 15) is 8.42 Å². The Morgan fingerprint density at radius 3 is 2.57 bits per heavy atom. The molecule has 8 heteroatoms. The van der Waals surface area contributed by atoms with Gasteiger partial charge in [0.2, 0.25) is 0 Å². The van der Waals surface area contributed by atoms with E-state index in [-0.39, 0.29) is 30.5 Å². The van der Waals surface area contributed by atoms with E-state index in [1.807, 2.05) is 6.92 Å².